The van der Waals surface area contributed by atoms with Gasteiger partial charge in [-0.05, 0) is 6.42 Å². The Hall–Kier alpha value is -0.100. The Morgan fingerprint density at radius 3 is 1.86 bits per heavy atom. The summed E-state index contributed by atoms with van der Waals surface area (Å²) in [6.07, 6.45) is 11.0. The van der Waals surface area contributed by atoms with Crippen LogP contribution < -0.4 is 0 Å². The number of carbonyl (C=O) groups excluding carboxylic acids is 1. The minimum absolute atomic E-state index is 0. The molecule has 5 nitrogen and oxygen atoms in total. The van der Waals surface area contributed by atoms with E-state index < -0.39 is 5.97 Å². The van der Waals surface area contributed by atoms with E-state index >= 15 is 0 Å². The quantitative estimate of drug-likeness (QED) is 0.380. The Labute approximate surface area is 156 Å². The van der Waals surface area contributed by atoms with Crippen LogP contribution >= 0.6 is 0 Å². The summed E-state index contributed by atoms with van der Waals surface area (Å²) in [7, 11) is 0. The molecule has 0 bridgehead atoms. The molecular formula is C16H31NNaO4. The van der Waals surface area contributed by atoms with Crippen molar-refractivity contribution in [1.29, 1.82) is 0 Å². The van der Waals surface area contributed by atoms with Gasteiger partial charge >= 0.3 is 5.97 Å². The van der Waals surface area contributed by atoms with Gasteiger partial charge in [0.1, 0.15) is 6.54 Å². The molecule has 0 saturated carbocycles. The standard InChI is InChI=1S/C16H31NO4.Na/c1-2-3-4-5-6-7-8-9-10-11-15(19)17(12-13-18)14-16(20)21;/h18H,2-14H2,1H3,(H,20,21);. The van der Waals surface area contributed by atoms with E-state index in [-0.39, 0.29) is 55.2 Å². The molecular weight excluding hydrogens is 293 g/mol. The smallest absolute Gasteiger partial charge is 0.323 e. The molecule has 0 spiro atoms. The van der Waals surface area contributed by atoms with Crippen LogP contribution in [0.25, 0.3) is 0 Å². The number of nitrogens with zero attached hydrogens (tertiary/aromatic N) is 1. The Kier molecular flexibility index (Phi) is 18.9. The van der Waals surface area contributed by atoms with Crippen LogP contribution in [-0.2, 0) is 9.59 Å². The zero-order valence-electron chi connectivity index (χ0n) is 14.4. The van der Waals surface area contributed by atoms with Crippen LogP contribution in [0.4, 0.5) is 0 Å². The maximum Gasteiger partial charge on any atom is 0.323 e. The first-order valence-electron chi connectivity index (χ1n) is 8.22. The number of hydrogen-bond acceptors (Lipinski definition) is 3. The molecule has 0 unspecified atom stereocenters. The van der Waals surface area contributed by atoms with Gasteiger partial charge in [0, 0.05) is 42.5 Å². The van der Waals surface area contributed by atoms with Gasteiger partial charge in [-0.25, -0.2) is 0 Å². The summed E-state index contributed by atoms with van der Waals surface area (Å²) in [6.45, 7) is 1.79. The number of aliphatic carboxylic acids is 1. The summed E-state index contributed by atoms with van der Waals surface area (Å²) < 4.78 is 0. The van der Waals surface area contributed by atoms with Crippen LogP contribution in [0, 0.1) is 0 Å². The SMILES string of the molecule is CCCCCCCCCCCC(=O)N(CCO)CC(=O)O.[Na]. The molecule has 0 heterocycles. The fourth-order valence-electron chi connectivity index (χ4n) is 2.32. The van der Waals surface area contributed by atoms with Gasteiger partial charge in [-0.2, -0.15) is 0 Å². The molecule has 0 aliphatic carbocycles. The average molecular weight is 324 g/mol. The van der Waals surface area contributed by atoms with Crippen molar-refractivity contribution in [3.05, 3.63) is 0 Å². The van der Waals surface area contributed by atoms with Crippen molar-refractivity contribution < 1.29 is 19.8 Å². The first kappa shape index (κ1) is 24.2. The number of carbonyl (C=O) groups is 2. The zero-order chi connectivity index (χ0) is 15.9. The minimum atomic E-state index is -1.04. The van der Waals surface area contributed by atoms with Gasteiger partial charge in [0.25, 0.3) is 0 Å². The Balaban J connectivity index is 0. The van der Waals surface area contributed by atoms with Crippen LogP contribution in [0.5, 0.6) is 0 Å². The van der Waals surface area contributed by atoms with Crippen molar-refractivity contribution in [2.75, 3.05) is 19.7 Å². The van der Waals surface area contributed by atoms with E-state index in [1.54, 1.807) is 0 Å². The fraction of sp³-hybridized carbons (Fsp3) is 0.875. The maximum atomic E-state index is 11.8. The van der Waals surface area contributed by atoms with Crippen molar-refractivity contribution >= 4 is 41.4 Å². The summed E-state index contributed by atoms with van der Waals surface area (Å²) in [5, 5.41) is 17.6. The number of aliphatic hydroxyl groups is 1. The largest absolute Gasteiger partial charge is 0.480 e. The van der Waals surface area contributed by atoms with E-state index in [4.69, 9.17) is 10.2 Å². The van der Waals surface area contributed by atoms with Crippen molar-refractivity contribution in [2.45, 2.75) is 71.1 Å². The molecule has 125 valence electrons. The van der Waals surface area contributed by atoms with E-state index in [9.17, 15) is 9.59 Å². The van der Waals surface area contributed by atoms with Crippen LogP contribution in [0.1, 0.15) is 71.1 Å². The predicted molar refractivity (Wildman–Crippen MR) is 88.9 cm³/mol. The van der Waals surface area contributed by atoms with Gasteiger partial charge in [-0.15, -0.1) is 0 Å². The van der Waals surface area contributed by atoms with Gasteiger partial charge in [0.2, 0.25) is 5.91 Å². The second-order valence-electron chi connectivity index (χ2n) is 5.51. The molecule has 1 amide bonds. The summed E-state index contributed by atoms with van der Waals surface area (Å²) >= 11 is 0. The van der Waals surface area contributed by atoms with Gasteiger partial charge in [-0.3, -0.25) is 9.59 Å². The van der Waals surface area contributed by atoms with Crippen molar-refractivity contribution in [1.82, 2.24) is 4.90 Å². The second kappa shape index (κ2) is 17.3. The molecule has 1 radical (unpaired) electrons. The molecule has 6 heteroatoms. The molecule has 0 atom stereocenters. The Morgan fingerprint density at radius 1 is 0.909 bits per heavy atom. The third-order valence-electron chi connectivity index (χ3n) is 3.54. The van der Waals surface area contributed by atoms with Gasteiger partial charge in [-0.1, -0.05) is 58.3 Å². The van der Waals surface area contributed by atoms with Gasteiger partial charge in [0.15, 0.2) is 0 Å². The van der Waals surface area contributed by atoms with E-state index in [0.29, 0.717) is 6.42 Å². The van der Waals surface area contributed by atoms with Crippen LogP contribution in [-0.4, -0.2) is 76.2 Å². The zero-order valence-corrected chi connectivity index (χ0v) is 16.4. The number of carboxylic acids is 1. The summed E-state index contributed by atoms with van der Waals surface area (Å²) in [5.41, 5.74) is 0. The monoisotopic (exact) mass is 324 g/mol. The molecule has 0 aromatic rings. The van der Waals surface area contributed by atoms with Crippen LogP contribution in [0.2, 0.25) is 0 Å². The molecule has 0 saturated heterocycles. The minimum Gasteiger partial charge on any atom is -0.480 e. The van der Waals surface area contributed by atoms with Crippen LogP contribution in [0.3, 0.4) is 0 Å². The van der Waals surface area contributed by atoms with E-state index in [1.165, 1.54) is 43.4 Å². The summed E-state index contributed by atoms with van der Waals surface area (Å²) in [5.74, 6) is -1.21. The first-order chi connectivity index (χ1) is 10.1. The third-order valence-corrected chi connectivity index (χ3v) is 3.54. The normalized spacial score (nSPS) is 10.1. The van der Waals surface area contributed by atoms with Crippen molar-refractivity contribution in [3.8, 4) is 0 Å². The van der Waals surface area contributed by atoms with E-state index in [0.717, 1.165) is 19.3 Å². The molecule has 0 aliphatic heterocycles. The number of hydrogen-bond donors (Lipinski definition) is 2. The molecule has 0 aromatic carbocycles. The topological polar surface area (TPSA) is 77.8 Å². The molecule has 0 aliphatic rings. The number of unbranched alkanes of at least 4 members (excludes halogenated alkanes) is 8. The number of carboxylic acid groups (broad SMARTS) is 1. The first-order valence-corrected chi connectivity index (χ1v) is 8.22. The number of aliphatic hydroxyl groups excluding tert-OH is 1. The van der Waals surface area contributed by atoms with E-state index in [1.807, 2.05) is 0 Å². The Morgan fingerprint density at radius 2 is 1.41 bits per heavy atom. The van der Waals surface area contributed by atoms with E-state index in [2.05, 4.69) is 6.92 Å². The van der Waals surface area contributed by atoms with Crippen molar-refractivity contribution in [3.63, 3.8) is 0 Å². The molecule has 22 heavy (non-hydrogen) atoms. The van der Waals surface area contributed by atoms with Gasteiger partial charge < -0.3 is 15.1 Å². The molecule has 0 aromatic heterocycles. The Bertz CT molecular complexity index is 287. The number of amides is 1. The van der Waals surface area contributed by atoms with Crippen molar-refractivity contribution in [2.24, 2.45) is 0 Å². The predicted octanol–water partition coefficient (Wildman–Crippen LogP) is 2.43. The molecule has 0 rings (SSSR count). The molecule has 0 fully saturated rings. The summed E-state index contributed by atoms with van der Waals surface area (Å²) in [6, 6.07) is 0. The number of rotatable bonds is 14. The average Bonchev–Trinajstić information content (AvgIpc) is 2.44. The van der Waals surface area contributed by atoms with Gasteiger partial charge in [0.05, 0.1) is 6.61 Å². The second-order valence-corrected chi connectivity index (χ2v) is 5.51. The summed E-state index contributed by atoms with van der Waals surface area (Å²) in [4.78, 5) is 23.7. The maximum absolute atomic E-state index is 11.8. The molecule has 2 N–H and O–H groups in total. The third kappa shape index (κ3) is 14.8. The van der Waals surface area contributed by atoms with Crippen LogP contribution in [0.15, 0.2) is 0 Å². The fourth-order valence-corrected chi connectivity index (χ4v) is 2.32.